The van der Waals surface area contributed by atoms with Crippen LogP contribution in [0.15, 0.2) is 0 Å². The zero-order valence-corrected chi connectivity index (χ0v) is 13.7. The predicted molar refractivity (Wildman–Crippen MR) is 82.8 cm³/mol. The number of amides is 2. The maximum absolute atomic E-state index is 12.3. The number of hydrogen-bond donors (Lipinski definition) is 2. The summed E-state index contributed by atoms with van der Waals surface area (Å²) in [5, 5.41) is 11.8. The highest BCUT2D eigenvalue weighted by Gasteiger charge is 2.28. The molecule has 2 N–H and O–H groups in total. The zero-order chi connectivity index (χ0) is 15.9. The van der Waals surface area contributed by atoms with E-state index in [4.69, 9.17) is 5.11 Å². The highest BCUT2D eigenvalue weighted by atomic mass is 16.3. The van der Waals surface area contributed by atoms with Gasteiger partial charge in [0.1, 0.15) is 0 Å². The summed E-state index contributed by atoms with van der Waals surface area (Å²) in [4.78, 5) is 25.9. The van der Waals surface area contributed by atoms with Crippen LogP contribution in [0.2, 0.25) is 0 Å². The number of aliphatic hydroxyl groups excluding tert-OH is 1. The minimum atomic E-state index is -0.386. The van der Waals surface area contributed by atoms with Crippen molar-refractivity contribution in [2.75, 3.05) is 19.7 Å². The lowest BCUT2D eigenvalue weighted by Gasteiger charge is -2.37. The van der Waals surface area contributed by atoms with Gasteiger partial charge < -0.3 is 15.3 Å². The van der Waals surface area contributed by atoms with Crippen molar-refractivity contribution in [2.45, 2.75) is 65.3 Å². The van der Waals surface area contributed by atoms with Crippen LogP contribution in [0.3, 0.4) is 0 Å². The summed E-state index contributed by atoms with van der Waals surface area (Å²) in [5.74, 6) is 0.171. The van der Waals surface area contributed by atoms with E-state index in [1.54, 1.807) is 0 Å². The summed E-state index contributed by atoms with van der Waals surface area (Å²) in [7, 11) is 0. The van der Waals surface area contributed by atoms with Crippen LogP contribution in [0.5, 0.6) is 0 Å². The molecule has 0 unspecified atom stereocenters. The third-order valence-electron chi connectivity index (χ3n) is 3.93. The molecule has 1 aliphatic carbocycles. The number of hydrogen-bond acceptors (Lipinski definition) is 3. The molecule has 122 valence electrons. The molecular weight excluding hydrogens is 268 g/mol. The van der Waals surface area contributed by atoms with E-state index in [1.807, 2.05) is 25.7 Å². The summed E-state index contributed by atoms with van der Waals surface area (Å²) in [6.07, 6.45) is 5.13. The number of aliphatic hydroxyl groups is 1. The number of carbonyl (C=O) groups is 2. The summed E-state index contributed by atoms with van der Waals surface area (Å²) in [5.41, 5.74) is -0.386. The van der Waals surface area contributed by atoms with Gasteiger partial charge in [-0.25, -0.2) is 0 Å². The fourth-order valence-electron chi connectivity index (χ4n) is 2.30. The van der Waals surface area contributed by atoms with E-state index in [2.05, 4.69) is 5.32 Å². The first-order chi connectivity index (χ1) is 9.86. The maximum Gasteiger partial charge on any atom is 0.225 e. The third kappa shape index (κ3) is 6.04. The standard InChI is InChI=1S/C16H30N2O3/c1-16(2,3)15(21)17-10-5-9-14(20)18(11-6-12-19)13-7-4-8-13/h13,19H,4-12H2,1-3H3,(H,17,21). The van der Waals surface area contributed by atoms with Crippen molar-refractivity contribution >= 4 is 11.8 Å². The molecule has 0 saturated heterocycles. The smallest absolute Gasteiger partial charge is 0.225 e. The van der Waals surface area contributed by atoms with Gasteiger partial charge >= 0.3 is 0 Å². The van der Waals surface area contributed by atoms with Crippen molar-refractivity contribution in [3.63, 3.8) is 0 Å². The Kier molecular flexibility index (Phi) is 7.15. The summed E-state index contributed by atoms with van der Waals surface area (Å²) < 4.78 is 0. The molecule has 0 spiro atoms. The molecule has 0 atom stereocenters. The van der Waals surface area contributed by atoms with Crippen molar-refractivity contribution in [1.82, 2.24) is 10.2 Å². The summed E-state index contributed by atoms with van der Waals surface area (Å²) in [6, 6.07) is 0.369. The highest BCUT2D eigenvalue weighted by molar-refractivity contribution is 5.81. The first kappa shape index (κ1) is 18.0. The predicted octanol–water partition coefficient (Wildman–Crippen LogP) is 1.69. The Hall–Kier alpha value is -1.10. The van der Waals surface area contributed by atoms with Gasteiger partial charge in [0, 0.05) is 37.6 Å². The Balaban J connectivity index is 2.28. The van der Waals surface area contributed by atoms with Crippen LogP contribution in [-0.4, -0.2) is 47.6 Å². The van der Waals surface area contributed by atoms with Gasteiger partial charge in [-0.05, 0) is 32.1 Å². The van der Waals surface area contributed by atoms with Crippen LogP contribution in [0.1, 0.15) is 59.3 Å². The molecule has 1 fully saturated rings. The topological polar surface area (TPSA) is 69.6 Å². The van der Waals surface area contributed by atoms with Crippen LogP contribution in [-0.2, 0) is 9.59 Å². The second-order valence-electron chi connectivity index (χ2n) is 6.86. The monoisotopic (exact) mass is 298 g/mol. The van der Waals surface area contributed by atoms with Crippen LogP contribution >= 0.6 is 0 Å². The van der Waals surface area contributed by atoms with Crippen molar-refractivity contribution in [3.8, 4) is 0 Å². The Bertz CT molecular complexity index is 346. The first-order valence-electron chi connectivity index (χ1n) is 8.05. The molecule has 21 heavy (non-hydrogen) atoms. The van der Waals surface area contributed by atoms with Crippen LogP contribution in [0.25, 0.3) is 0 Å². The minimum Gasteiger partial charge on any atom is -0.396 e. The fraction of sp³-hybridized carbons (Fsp3) is 0.875. The zero-order valence-electron chi connectivity index (χ0n) is 13.7. The highest BCUT2D eigenvalue weighted by Crippen LogP contribution is 2.25. The van der Waals surface area contributed by atoms with Crippen LogP contribution in [0.4, 0.5) is 0 Å². The van der Waals surface area contributed by atoms with Gasteiger partial charge in [-0.15, -0.1) is 0 Å². The van der Waals surface area contributed by atoms with E-state index < -0.39 is 0 Å². The lowest BCUT2D eigenvalue weighted by Crippen LogP contribution is -2.45. The molecule has 0 aliphatic heterocycles. The van der Waals surface area contributed by atoms with Gasteiger partial charge in [0.05, 0.1) is 0 Å². The number of carbonyl (C=O) groups excluding carboxylic acids is 2. The van der Waals surface area contributed by atoms with Gasteiger partial charge in [-0.1, -0.05) is 20.8 Å². The molecule has 0 radical (unpaired) electrons. The first-order valence-corrected chi connectivity index (χ1v) is 8.05. The quantitative estimate of drug-likeness (QED) is 0.670. The van der Waals surface area contributed by atoms with Crippen molar-refractivity contribution < 1.29 is 14.7 Å². The molecule has 2 amide bonds. The third-order valence-corrected chi connectivity index (χ3v) is 3.93. The molecule has 0 aromatic heterocycles. The molecule has 0 aromatic carbocycles. The average molecular weight is 298 g/mol. The molecule has 0 aromatic rings. The van der Waals surface area contributed by atoms with Crippen molar-refractivity contribution in [1.29, 1.82) is 0 Å². The van der Waals surface area contributed by atoms with Crippen LogP contribution in [0, 0.1) is 5.41 Å². The minimum absolute atomic E-state index is 0.0195. The Morgan fingerprint density at radius 1 is 1.24 bits per heavy atom. The number of nitrogens with zero attached hydrogens (tertiary/aromatic N) is 1. The molecule has 0 bridgehead atoms. The van der Waals surface area contributed by atoms with E-state index in [0.717, 1.165) is 12.8 Å². The lowest BCUT2D eigenvalue weighted by molar-refractivity contribution is -0.136. The molecule has 1 rings (SSSR count). The molecule has 1 aliphatic rings. The summed E-state index contributed by atoms with van der Waals surface area (Å²) in [6.45, 7) is 6.94. The largest absolute Gasteiger partial charge is 0.396 e. The van der Waals surface area contributed by atoms with Gasteiger partial charge in [0.25, 0.3) is 0 Å². The molecule has 0 heterocycles. The normalized spacial score (nSPS) is 15.4. The van der Waals surface area contributed by atoms with Crippen molar-refractivity contribution in [2.24, 2.45) is 5.41 Å². The number of rotatable bonds is 8. The van der Waals surface area contributed by atoms with Gasteiger partial charge in [-0.3, -0.25) is 9.59 Å². The molecule has 1 saturated carbocycles. The van der Waals surface area contributed by atoms with Gasteiger partial charge in [-0.2, -0.15) is 0 Å². The Morgan fingerprint density at radius 3 is 2.38 bits per heavy atom. The fourth-order valence-corrected chi connectivity index (χ4v) is 2.30. The van der Waals surface area contributed by atoms with Crippen LogP contribution < -0.4 is 5.32 Å². The number of nitrogens with one attached hydrogen (secondary N) is 1. The average Bonchev–Trinajstić information content (AvgIpc) is 2.35. The molecular formula is C16H30N2O3. The second-order valence-corrected chi connectivity index (χ2v) is 6.86. The molecule has 5 nitrogen and oxygen atoms in total. The van der Waals surface area contributed by atoms with E-state index in [0.29, 0.717) is 38.4 Å². The van der Waals surface area contributed by atoms with Crippen molar-refractivity contribution in [3.05, 3.63) is 0 Å². The van der Waals surface area contributed by atoms with Gasteiger partial charge in [0.15, 0.2) is 0 Å². The molecule has 5 heteroatoms. The van der Waals surface area contributed by atoms with E-state index >= 15 is 0 Å². The maximum atomic E-state index is 12.3. The second kappa shape index (κ2) is 8.37. The lowest BCUT2D eigenvalue weighted by atomic mass is 9.91. The van der Waals surface area contributed by atoms with E-state index in [-0.39, 0.29) is 23.8 Å². The van der Waals surface area contributed by atoms with E-state index in [1.165, 1.54) is 6.42 Å². The Labute approximate surface area is 128 Å². The van der Waals surface area contributed by atoms with E-state index in [9.17, 15) is 9.59 Å². The Morgan fingerprint density at radius 2 is 1.90 bits per heavy atom. The SMILES string of the molecule is CC(C)(C)C(=O)NCCCC(=O)N(CCCO)C1CCC1. The summed E-state index contributed by atoms with van der Waals surface area (Å²) >= 11 is 0. The van der Waals surface area contributed by atoms with Gasteiger partial charge in [0.2, 0.25) is 11.8 Å².